The number of benzene rings is 2. The molecule has 1 atom stereocenters. The monoisotopic (exact) mass is 255 g/mol. The van der Waals surface area contributed by atoms with Crippen LogP contribution in [0.4, 0.5) is 5.69 Å². The Kier molecular flexibility index (Phi) is 5.62. The van der Waals surface area contributed by atoms with Crippen molar-refractivity contribution < 1.29 is 0 Å². The summed E-state index contributed by atoms with van der Waals surface area (Å²) in [5.74, 6) is 0. The molecule has 3 rings (SSSR count). The highest BCUT2D eigenvalue weighted by atomic mass is 14.9. The number of para-hydroxylation sites is 1. The zero-order chi connectivity index (χ0) is 13.0. The fourth-order valence-electron chi connectivity index (χ4n) is 2.12. The van der Waals surface area contributed by atoms with Crippen molar-refractivity contribution >= 4 is 5.69 Å². The maximum Gasteiger partial charge on any atom is 0.0375 e. The van der Waals surface area contributed by atoms with Crippen LogP contribution in [0.1, 0.15) is 31.0 Å². The summed E-state index contributed by atoms with van der Waals surface area (Å²) in [5, 5.41) is 3.40. The van der Waals surface area contributed by atoms with E-state index in [2.05, 4.69) is 74.6 Å². The molecule has 0 aromatic heterocycles. The van der Waals surface area contributed by atoms with Crippen LogP contribution in [0, 0.1) is 13.8 Å². The van der Waals surface area contributed by atoms with Gasteiger partial charge < -0.3 is 5.32 Å². The Morgan fingerprint density at radius 1 is 0.895 bits per heavy atom. The lowest BCUT2D eigenvalue weighted by Gasteiger charge is -2.00. The summed E-state index contributed by atoms with van der Waals surface area (Å²) in [6.45, 7) is 6.40. The lowest BCUT2D eigenvalue weighted by Crippen LogP contribution is -2.08. The molecule has 1 N–H and O–H groups in total. The average Bonchev–Trinajstić information content (AvgIpc) is 2.74. The molecule has 19 heavy (non-hydrogen) atoms. The lowest BCUT2D eigenvalue weighted by atomic mass is 10.1. The Morgan fingerprint density at radius 3 is 1.95 bits per heavy atom. The minimum atomic E-state index is 0. The van der Waals surface area contributed by atoms with Gasteiger partial charge in [-0.05, 0) is 38.8 Å². The predicted molar refractivity (Wildman–Crippen MR) is 85.9 cm³/mol. The number of hydrogen-bond acceptors (Lipinski definition) is 1. The number of rotatable bonds is 0. The molecule has 0 bridgehead atoms. The zero-order valence-corrected chi connectivity index (χ0v) is 11.4. The fourth-order valence-corrected chi connectivity index (χ4v) is 2.12. The Bertz CT molecular complexity index is 453. The van der Waals surface area contributed by atoms with E-state index < -0.39 is 0 Å². The Hall–Kier alpha value is -1.76. The van der Waals surface area contributed by atoms with Crippen molar-refractivity contribution in [3.63, 3.8) is 0 Å². The van der Waals surface area contributed by atoms with E-state index in [1.165, 1.54) is 28.8 Å². The molecule has 0 amide bonds. The maximum absolute atomic E-state index is 3.40. The highest BCUT2D eigenvalue weighted by molar-refractivity contribution is 5.56. The van der Waals surface area contributed by atoms with Gasteiger partial charge in [0.2, 0.25) is 0 Å². The first-order chi connectivity index (χ1) is 8.65. The van der Waals surface area contributed by atoms with E-state index in [-0.39, 0.29) is 7.43 Å². The largest absolute Gasteiger partial charge is 0.382 e. The highest BCUT2D eigenvalue weighted by Gasteiger charge is 2.14. The topological polar surface area (TPSA) is 12.0 Å². The van der Waals surface area contributed by atoms with Crippen molar-refractivity contribution in [1.29, 1.82) is 0 Å². The van der Waals surface area contributed by atoms with Crippen molar-refractivity contribution in [3.8, 4) is 0 Å². The molecule has 1 aliphatic rings. The second-order valence-electron chi connectivity index (χ2n) is 5.06. The molecule has 1 nitrogen and oxygen atoms in total. The van der Waals surface area contributed by atoms with Crippen LogP contribution >= 0.6 is 0 Å². The van der Waals surface area contributed by atoms with Crippen molar-refractivity contribution in [2.24, 2.45) is 0 Å². The Balaban J connectivity index is 0.000000185. The molecule has 0 saturated carbocycles. The summed E-state index contributed by atoms with van der Waals surface area (Å²) >= 11 is 0. The maximum atomic E-state index is 3.40. The summed E-state index contributed by atoms with van der Waals surface area (Å²) in [7, 11) is 0. The smallest absolute Gasteiger partial charge is 0.0375 e. The lowest BCUT2D eigenvalue weighted by molar-refractivity contribution is 0.839. The van der Waals surface area contributed by atoms with Gasteiger partial charge in [0.15, 0.2) is 0 Å². The number of aryl methyl sites for hydroxylation is 2. The van der Waals surface area contributed by atoms with Crippen molar-refractivity contribution in [1.82, 2.24) is 0 Å². The van der Waals surface area contributed by atoms with Gasteiger partial charge in [0, 0.05) is 11.7 Å². The van der Waals surface area contributed by atoms with Crippen molar-refractivity contribution in [3.05, 3.63) is 65.2 Å². The number of anilines is 1. The van der Waals surface area contributed by atoms with Gasteiger partial charge in [-0.25, -0.2) is 0 Å². The van der Waals surface area contributed by atoms with E-state index in [1.54, 1.807) is 0 Å². The van der Waals surface area contributed by atoms with Crippen LogP contribution in [0.2, 0.25) is 0 Å². The van der Waals surface area contributed by atoms with Gasteiger partial charge in [-0.1, -0.05) is 61.0 Å². The molecular formula is C18H25N. The van der Waals surface area contributed by atoms with Crippen LogP contribution in [-0.2, 0) is 6.42 Å². The fraction of sp³-hybridized carbons (Fsp3) is 0.333. The SMILES string of the molecule is C.CC1Cc2ccccc2N1.Cc1ccc(C)cc1. The summed E-state index contributed by atoms with van der Waals surface area (Å²) in [4.78, 5) is 0. The van der Waals surface area contributed by atoms with Crippen LogP contribution in [0.25, 0.3) is 0 Å². The molecule has 1 heteroatoms. The van der Waals surface area contributed by atoms with Crippen molar-refractivity contribution in [2.45, 2.75) is 40.7 Å². The molecular weight excluding hydrogens is 230 g/mol. The van der Waals surface area contributed by atoms with Crippen LogP contribution < -0.4 is 5.32 Å². The summed E-state index contributed by atoms with van der Waals surface area (Å²) in [6, 6.07) is 17.6. The van der Waals surface area contributed by atoms with E-state index >= 15 is 0 Å². The first kappa shape index (κ1) is 15.3. The molecule has 2 aromatic rings. The Labute approximate surface area is 117 Å². The zero-order valence-electron chi connectivity index (χ0n) is 11.4. The van der Waals surface area contributed by atoms with E-state index in [0.717, 1.165) is 0 Å². The molecule has 102 valence electrons. The minimum Gasteiger partial charge on any atom is -0.382 e. The summed E-state index contributed by atoms with van der Waals surface area (Å²) in [5.41, 5.74) is 5.43. The van der Waals surface area contributed by atoms with E-state index in [1.807, 2.05) is 0 Å². The highest BCUT2D eigenvalue weighted by Crippen LogP contribution is 2.24. The molecule has 2 aromatic carbocycles. The molecule has 0 saturated heterocycles. The number of nitrogens with one attached hydrogen (secondary N) is 1. The van der Waals surface area contributed by atoms with Gasteiger partial charge >= 0.3 is 0 Å². The van der Waals surface area contributed by atoms with Crippen LogP contribution in [0.5, 0.6) is 0 Å². The molecule has 0 aliphatic carbocycles. The molecule has 1 aliphatic heterocycles. The first-order valence-corrected chi connectivity index (χ1v) is 6.53. The van der Waals surface area contributed by atoms with Crippen molar-refractivity contribution in [2.75, 3.05) is 5.32 Å². The van der Waals surface area contributed by atoms with Gasteiger partial charge in [-0.2, -0.15) is 0 Å². The van der Waals surface area contributed by atoms with E-state index in [9.17, 15) is 0 Å². The molecule has 1 heterocycles. The molecule has 0 fully saturated rings. The quantitative estimate of drug-likeness (QED) is 0.700. The second-order valence-corrected chi connectivity index (χ2v) is 5.06. The van der Waals surface area contributed by atoms with Gasteiger partial charge in [0.25, 0.3) is 0 Å². The Morgan fingerprint density at radius 2 is 1.42 bits per heavy atom. The van der Waals surface area contributed by atoms with E-state index in [0.29, 0.717) is 6.04 Å². The standard InChI is InChI=1S/C9H11N.C8H10.CH4/c1-7-6-8-4-2-3-5-9(8)10-7;1-7-3-5-8(2)6-4-7;/h2-5,7,10H,6H2,1H3;3-6H,1-2H3;1H4. The van der Waals surface area contributed by atoms with Crippen LogP contribution in [-0.4, -0.2) is 6.04 Å². The summed E-state index contributed by atoms with van der Waals surface area (Å²) in [6.07, 6.45) is 1.18. The minimum absolute atomic E-state index is 0. The second kappa shape index (κ2) is 6.98. The molecule has 1 unspecified atom stereocenters. The molecule has 0 radical (unpaired) electrons. The van der Waals surface area contributed by atoms with Crippen LogP contribution in [0.15, 0.2) is 48.5 Å². The third-order valence-electron chi connectivity index (χ3n) is 3.16. The normalized spacial score (nSPS) is 15.4. The van der Waals surface area contributed by atoms with Gasteiger partial charge in [-0.15, -0.1) is 0 Å². The molecule has 0 spiro atoms. The third-order valence-corrected chi connectivity index (χ3v) is 3.16. The predicted octanol–water partition coefficient (Wildman–Crippen LogP) is 4.98. The van der Waals surface area contributed by atoms with Crippen LogP contribution in [0.3, 0.4) is 0 Å². The first-order valence-electron chi connectivity index (χ1n) is 6.53. The van der Waals surface area contributed by atoms with E-state index in [4.69, 9.17) is 0 Å². The van der Waals surface area contributed by atoms with Gasteiger partial charge in [0.05, 0.1) is 0 Å². The third kappa shape index (κ3) is 4.44. The summed E-state index contributed by atoms with van der Waals surface area (Å²) < 4.78 is 0. The average molecular weight is 255 g/mol. The number of hydrogen-bond donors (Lipinski definition) is 1. The van der Waals surface area contributed by atoms with Gasteiger partial charge in [0.1, 0.15) is 0 Å². The number of fused-ring (bicyclic) bond motifs is 1. The van der Waals surface area contributed by atoms with Gasteiger partial charge in [-0.3, -0.25) is 0 Å².